The molecule has 5 nitrogen and oxygen atoms in total. The van der Waals surface area contributed by atoms with E-state index in [0.29, 0.717) is 12.3 Å². The van der Waals surface area contributed by atoms with Gasteiger partial charge < -0.3 is 15.4 Å². The molecule has 1 unspecified atom stereocenters. The lowest BCUT2D eigenvalue weighted by molar-refractivity contribution is 0.249. The molecule has 0 spiro atoms. The number of aromatic nitrogens is 1. The summed E-state index contributed by atoms with van der Waals surface area (Å²) in [6.45, 7) is 6.48. The minimum atomic E-state index is -0.261. The molecule has 0 aliphatic carbocycles. The van der Waals surface area contributed by atoms with Crippen molar-refractivity contribution in [3.63, 3.8) is 0 Å². The summed E-state index contributed by atoms with van der Waals surface area (Å²) in [5.41, 5.74) is 2.79. The van der Waals surface area contributed by atoms with Crippen LogP contribution >= 0.6 is 0 Å². The second kappa shape index (κ2) is 7.45. The van der Waals surface area contributed by atoms with E-state index in [1.165, 1.54) is 0 Å². The zero-order chi connectivity index (χ0) is 15.9. The van der Waals surface area contributed by atoms with Crippen LogP contribution in [0.3, 0.4) is 0 Å². The van der Waals surface area contributed by atoms with Crippen molar-refractivity contribution in [2.24, 2.45) is 0 Å². The molecule has 1 heterocycles. The number of nitrogens with zero attached hydrogens (tertiary/aromatic N) is 1. The molecule has 0 aliphatic rings. The topological polar surface area (TPSA) is 63.2 Å². The van der Waals surface area contributed by atoms with Gasteiger partial charge in [-0.15, -0.1) is 0 Å². The average molecular weight is 299 g/mol. The summed E-state index contributed by atoms with van der Waals surface area (Å²) in [6.07, 6.45) is 3.26. The first kappa shape index (κ1) is 15.8. The Morgan fingerprint density at radius 3 is 2.68 bits per heavy atom. The van der Waals surface area contributed by atoms with Gasteiger partial charge in [-0.25, -0.2) is 4.79 Å². The van der Waals surface area contributed by atoms with Gasteiger partial charge in [0.05, 0.1) is 12.6 Å². The van der Waals surface area contributed by atoms with Crippen LogP contribution in [0.1, 0.15) is 31.0 Å². The molecule has 0 fully saturated rings. The summed E-state index contributed by atoms with van der Waals surface area (Å²) in [5, 5.41) is 5.70. The Labute approximate surface area is 130 Å². The molecule has 1 aromatic carbocycles. The summed E-state index contributed by atoms with van der Waals surface area (Å²) >= 11 is 0. The third-order valence-corrected chi connectivity index (χ3v) is 3.22. The summed E-state index contributed by atoms with van der Waals surface area (Å²) in [4.78, 5) is 16.0. The number of aryl methyl sites for hydroxylation is 1. The van der Waals surface area contributed by atoms with Gasteiger partial charge >= 0.3 is 6.03 Å². The van der Waals surface area contributed by atoms with E-state index >= 15 is 0 Å². The lowest BCUT2D eigenvalue weighted by Crippen LogP contribution is -2.31. The predicted molar refractivity (Wildman–Crippen MR) is 87.2 cm³/mol. The second-order valence-electron chi connectivity index (χ2n) is 5.03. The third-order valence-electron chi connectivity index (χ3n) is 3.22. The Kier molecular flexibility index (Phi) is 5.36. The van der Waals surface area contributed by atoms with Crippen molar-refractivity contribution in [1.82, 2.24) is 10.3 Å². The minimum Gasteiger partial charge on any atom is -0.494 e. The van der Waals surface area contributed by atoms with Crippen molar-refractivity contribution in [3.05, 3.63) is 53.9 Å². The van der Waals surface area contributed by atoms with Crippen LogP contribution in [-0.2, 0) is 0 Å². The van der Waals surface area contributed by atoms with Gasteiger partial charge in [0, 0.05) is 23.6 Å². The van der Waals surface area contributed by atoms with Gasteiger partial charge in [0.2, 0.25) is 0 Å². The number of carbonyl (C=O) groups is 1. The Hall–Kier alpha value is -2.56. The quantitative estimate of drug-likeness (QED) is 0.885. The van der Waals surface area contributed by atoms with Gasteiger partial charge in [-0.2, -0.15) is 0 Å². The van der Waals surface area contributed by atoms with Gasteiger partial charge in [-0.1, -0.05) is 17.7 Å². The number of benzene rings is 1. The summed E-state index contributed by atoms with van der Waals surface area (Å²) < 4.78 is 5.63. The lowest BCUT2D eigenvalue weighted by Gasteiger charge is -2.19. The highest BCUT2D eigenvalue weighted by Gasteiger charge is 2.14. The SMILES string of the molecule is CCOc1ccc(C)cc1C(C)NC(=O)Nc1ccncc1. The van der Waals surface area contributed by atoms with Gasteiger partial charge in [0.25, 0.3) is 0 Å². The standard InChI is InChI=1S/C17H21N3O2/c1-4-22-16-6-5-12(2)11-15(16)13(3)19-17(21)20-14-7-9-18-10-8-14/h5-11,13H,4H2,1-3H3,(H2,18,19,20,21). The van der Waals surface area contributed by atoms with Crippen LogP contribution in [-0.4, -0.2) is 17.6 Å². The Morgan fingerprint density at radius 1 is 1.27 bits per heavy atom. The van der Waals surface area contributed by atoms with Crippen LogP contribution in [0, 0.1) is 6.92 Å². The maximum Gasteiger partial charge on any atom is 0.319 e. The third kappa shape index (κ3) is 4.22. The van der Waals surface area contributed by atoms with E-state index in [0.717, 1.165) is 16.9 Å². The number of amides is 2. The average Bonchev–Trinajstić information content (AvgIpc) is 2.50. The molecule has 1 atom stereocenters. The van der Waals surface area contributed by atoms with E-state index in [2.05, 4.69) is 15.6 Å². The first-order valence-corrected chi connectivity index (χ1v) is 7.31. The van der Waals surface area contributed by atoms with E-state index in [1.807, 2.05) is 39.0 Å². The van der Waals surface area contributed by atoms with Crippen molar-refractivity contribution in [2.45, 2.75) is 26.8 Å². The fraction of sp³-hybridized carbons (Fsp3) is 0.294. The molecule has 0 radical (unpaired) electrons. The van der Waals surface area contributed by atoms with Crippen molar-refractivity contribution >= 4 is 11.7 Å². The number of pyridine rings is 1. The fourth-order valence-corrected chi connectivity index (χ4v) is 2.17. The maximum atomic E-state index is 12.1. The molecular formula is C17H21N3O2. The normalized spacial score (nSPS) is 11.6. The molecule has 0 aliphatic heterocycles. The van der Waals surface area contributed by atoms with E-state index < -0.39 is 0 Å². The number of ether oxygens (including phenoxy) is 1. The molecule has 2 N–H and O–H groups in total. The zero-order valence-corrected chi connectivity index (χ0v) is 13.1. The first-order chi connectivity index (χ1) is 10.6. The van der Waals surface area contributed by atoms with Crippen LogP contribution in [0.5, 0.6) is 5.75 Å². The van der Waals surface area contributed by atoms with Crippen molar-refractivity contribution < 1.29 is 9.53 Å². The van der Waals surface area contributed by atoms with Crippen LogP contribution in [0.2, 0.25) is 0 Å². The van der Waals surface area contributed by atoms with Crippen molar-refractivity contribution in [3.8, 4) is 5.75 Å². The highest BCUT2D eigenvalue weighted by molar-refractivity contribution is 5.89. The number of urea groups is 1. The van der Waals surface area contributed by atoms with Crippen LogP contribution < -0.4 is 15.4 Å². The van der Waals surface area contributed by atoms with E-state index in [1.54, 1.807) is 24.5 Å². The fourth-order valence-electron chi connectivity index (χ4n) is 2.17. The number of carbonyl (C=O) groups excluding carboxylic acids is 1. The predicted octanol–water partition coefficient (Wildman–Crippen LogP) is 3.67. The van der Waals surface area contributed by atoms with Gasteiger partial charge in [-0.05, 0) is 39.0 Å². The molecule has 2 amide bonds. The highest BCUT2D eigenvalue weighted by atomic mass is 16.5. The van der Waals surface area contributed by atoms with E-state index in [4.69, 9.17) is 4.74 Å². The number of rotatable bonds is 5. The minimum absolute atomic E-state index is 0.164. The van der Waals surface area contributed by atoms with Gasteiger partial charge in [0.1, 0.15) is 5.75 Å². The molecule has 5 heteroatoms. The van der Waals surface area contributed by atoms with Gasteiger partial charge in [0.15, 0.2) is 0 Å². The van der Waals surface area contributed by atoms with Gasteiger partial charge in [-0.3, -0.25) is 4.98 Å². The van der Waals surface area contributed by atoms with Crippen LogP contribution in [0.25, 0.3) is 0 Å². The summed E-state index contributed by atoms with van der Waals surface area (Å²) in [5.74, 6) is 0.796. The van der Waals surface area contributed by atoms with Crippen LogP contribution in [0.15, 0.2) is 42.7 Å². The van der Waals surface area contributed by atoms with Crippen molar-refractivity contribution in [1.29, 1.82) is 0 Å². The largest absolute Gasteiger partial charge is 0.494 e. The molecule has 116 valence electrons. The Balaban J connectivity index is 2.06. The smallest absolute Gasteiger partial charge is 0.319 e. The molecule has 2 rings (SSSR count). The molecule has 1 aromatic heterocycles. The second-order valence-corrected chi connectivity index (χ2v) is 5.03. The van der Waals surface area contributed by atoms with Crippen molar-refractivity contribution in [2.75, 3.05) is 11.9 Å². The number of anilines is 1. The summed E-state index contributed by atoms with van der Waals surface area (Å²) in [6, 6.07) is 9.02. The molecule has 0 saturated heterocycles. The molecule has 22 heavy (non-hydrogen) atoms. The zero-order valence-electron chi connectivity index (χ0n) is 13.1. The maximum absolute atomic E-state index is 12.1. The number of hydrogen-bond donors (Lipinski definition) is 2. The van der Waals surface area contributed by atoms with E-state index in [9.17, 15) is 4.79 Å². The highest BCUT2D eigenvalue weighted by Crippen LogP contribution is 2.26. The molecule has 2 aromatic rings. The van der Waals surface area contributed by atoms with E-state index in [-0.39, 0.29) is 12.1 Å². The molecule has 0 saturated carbocycles. The molecular weight excluding hydrogens is 278 g/mol. The number of hydrogen-bond acceptors (Lipinski definition) is 3. The summed E-state index contributed by atoms with van der Waals surface area (Å²) in [7, 11) is 0. The Morgan fingerprint density at radius 2 is 2.00 bits per heavy atom. The number of nitrogens with one attached hydrogen (secondary N) is 2. The monoisotopic (exact) mass is 299 g/mol. The first-order valence-electron chi connectivity index (χ1n) is 7.31. The Bertz CT molecular complexity index is 629. The van der Waals surface area contributed by atoms with Crippen LogP contribution in [0.4, 0.5) is 10.5 Å². The lowest BCUT2D eigenvalue weighted by atomic mass is 10.0. The molecule has 0 bridgehead atoms.